The highest BCUT2D eigenvalue weighted by atomic mass is 19.4. The van der Waals surface area contributed by atoms with Crippen LogP contribution in [0.4, 0.5) is 13.2 Å². The summed E-state index contributed by atoms with van der Waals surface area (Å²) in [6.07, 6.45) is -3.90. The van der Waals surface area contributed by atoms with E-state index in [1.807, 2.05) is 0 Å². The highest BCUT2D eigenvalue weighted by Crippen LogP contribution is 2.44. The van der Waals surface area contributed by atoms with Gasteiger partial charge in [0, 0.05) is 18.5 Å². The molecule has 0 radical (unpaired) electrons. The van der Waals surface area contributed by atoms with E-state index in [0.29, 0.717) is 18.6 Å². The molecule has 0 fully saturated rings. The minimum Gasteiger partial charge on any atom is -0.489 e. The van der Waals surface area contributed by atoms with E-state index in [-0.39, 0.29) is 24.7 Å². The predicted octanol–water partition coefficient (Wildman–Crippen LogP) is 2.33. The van der Waals surface area contributed by atoms with E-state index in [0.717, 1.165) is 6.07 Å². The first-order valence-electron chi connectivity index (χ1n) is 5.23. The predicted molar refractivity (Wildman–Crippen MR) is 54.9 cm³/mol. The number of benzene rings is 1. The Kier molecular flexibility index (Phi) is 3.15. The molecule has 0 aromatic heterocycles. The van der Waals surface area contributed by atoms with Crippen molar-refractivity contribution in [3.05, 3.63) is 23.3 Å². The van der Waals surface area contributed by atoms with Gasteiger partial charge in [0.1, 0.15) is 5.56 Å². The lowest BCUT2D eigenvalue weighted by atomic mass is 10.1. The summed E-state index contributed by atoms with van der Waals surface area (Å²) < 4.78 is 48.8. The van der Waals surface area contributed by atoms with Crippen molar-refractivity contribution >= 4 is 0 Å². The van der Waals surface area contributed by atoms with Crippen LogP contribution < -0.4 is 15.2 Å². The van der Waals surface area contributed by atoms with Crippen LogP contribution in [0.25, 0.3) is 0 Å². The van der Waals surface area contributed by atoms with Crippen molar-refractivity contribution in [1.82, 2.24) is 0 Å². The average molecular weight is 247 g/mol. The average Bonchev–Trinajstić information content (AvgIpc) is 2.51. The summed E-state index contributed by atoms with van der Waals surface area (Å²) in [7, 11) is 0. The Balaban J connectivity index is 2.57. The van der Waals surface area contributed by atoms with Gasteiger partial charge in [0.05, 0.1) is 13.2 Å². The maximum atomic E-state index is 12.8. The van der Waals surface area contributed by atoms with Crippen LogP contribution >= 0.6 is 0 Å². The molecule has 0 spiro atoms. The molecule has 2 N–H and O–H groups in total. The van der Waals surface area contributed by atoms with Gasteiger partial charge < -0.3 is 15.2 Å². The molecule has 0 bridgehead atoms. The van der Waals surface area contributed by atoms with Gasteiger partial charge in [0.2, 0.25) is 0 Å². The molecule has 3 nitrogen and oxygen atoms in total. The second-order valence-corrected chi connectivity index (χ2v) is 3.68. The van der Waals surface area contributed by atoms with Gasteiger partial charge in [0.15, 0.2) is 11.5 Å². The number of fused-ring (bicyclic) bond motifs is 1. The monoisotopic (exact) mass is 247 g/mol. The molecule has 2 rings (SSSR count). The normalized spacial score (nSPS) is 15.5. The Bertz CT molecular complexity index is 418. The summed E-state index contributed by atoms with van der Waals surface area (Å²) in [5, 5.41) is 0. The second-order valence-electron chi connectivity index (χ2n) is 3.68. The molecule has 17 heavy (non-hydrogen) atoms. The summed E-state index contributed by atoms with van der Waals surface area (Å²) in [6, 6.07) is 2.31. The third-order valence-corrected chi connectivity index (χ3v) is 2.50. The lowest BCUT2D eigenvalue weighted by Crippen LogP contribution is -2.10. The lowest BCUT2D eigenvalue weighted by Gasteiger charge is -2.17. The molecular weight excluding hydrogens is 235 g/mol. The Morgan fingerprint density at radius 1 is 1.12 bits per heavy atom. The zero-order valence-electron chi connectivity index (χ0n) is 9.01. The highest BCUT2D eigenvalue weighted by Gasteiger charge is 2.37. The molecule has 0 amide bonds. The van der Waals surface area contributed by atoms with Crippen molar-refractivity contribution < 1.29 is 22.6 Å². The zero-order valence-corrected chi connectivity index (χ0v) is 9.01. The molecule has 1 aromatic rings. The number of alkyl halides is 3. The number of halogens is 3. The number of ether oxygens (including phenoxy) is 2. The molecule has 0 atom stereocenters. The fourth-order valence-corrected chi connectivity index (χ4v) is 1.70. The Morgan fingerprint density at radius 3 is 2.35 bits per heavy atom. The van der Waals surface area contributed by atoms with E-state index in [4.69, 9.17) is 15.2 Å². The summed E-state index contributed by atoms with van der Waals surface area (Å²) in [5.74, 6) is -0.113. The third kappa shape index (κ3) is 2.31. The van der Waals surface area contributed by atoms with Crippen LogP contribution in [0.5, 0.6) is 11.5 Å². The van der Waals surface area contributed by atoms with Crippen LogP contribution in [-0.2, 0) is 12.7 Å². The molecular formula is C11H12F3NO2. The van der Waals surface area contributed by atoms with Gasteiger partial charge in [0.25, 0.3) is 0 Å². The third-order valence-electron chi connectivity index (χ3n) is 2.50. The van der Waals surface area contributed by atoms with E-state index in [1.54, 1.807) is 0 Å². The Morgan fingerprint density at radius 2 is 1.76 bits per heavy atom. The van der Waals surface area contributed by atoms with Gasteiger partial charge in [-0.25, -0.2) is 0 Å². The first kappa shape index (κ1) is 12.0. The van der Waals surface area contributed by atoms with Crippen molar-refractivity contribution in [3.8, 4) is 11.5 Å². The van der Waals surface area contributed by atoms with E-state index in [2.05, 4.69) is 0 Å². The van der Waals surface area contributed by atoms with Gasteiger partial charge >= 0.3 is 6.18 Å². The van der Waals surface area contributed by atoms with Crippen molar-refractivity contribution in [2.24, 2.45) is 5.73 Å². The van der Waals surface area contributed by atoms with Crippen LogP contribution in [0, 0.1) is 0 Å². The molecule has 6 heteroatoms. The SMILES string of the molecule is NCc1ccc(C(F)(F)F)c2c1OCCCO2. The number of rotatable bonds is 1. The number of hydrogen-bond acceptors (Lipinski definition) is 3. The van der Waals surface area contributed by atoms with Crippen molar-refractivity contribution in [1.29, 1.82) is 0 Å². The van der Waals surface area contributed by atoms with E-state index in [1.165, 1.54) is 6.07 Å². The van der Waals surface area contributed by atoms with Crippen LogP contribution in [0.2, 0.25) is 0 Å². The topological polar surface area (TPSA) is 44.5 Å². The van der Waals surface area contributed by atoms with Crippen molar-refractivity contribution in [2.75, 3.05) is 13.2 Å². The van der Waals surface area contributed by atoms with Crippen molar-refractivity contribution in [3.63, 3.8) is 0 Å². The van der Waals surface area contributed by atoms with Gasteiger partial charge in [-0.2, -0.15) is 13.2 Å². The second kappa shape index (κ2) is 4.44. The fourth-order valence-electron chi connectivity index (χ4n) is 1.70. The maximum Gasteiger partial charge on any atom is 0.420 e. The first-order chi connectivity index (χ1) is 8.04. The zero-order chi connectivity index (χ0) is 12.5. The summed E-state index contributed by atoms with van der Waals surface area (Å²) >= 11 is 0. The quantitative estimate of drug-likeness (QED) is 0.828. The molecule has 0 saturated heterocycles. The van der Waals surface area contributed by atoms with Crippen LogP contribution in [0.15, 0.2) is 12.1 Å². The molecule has 0 saturated carbocycles. The Hall–Kier alpha value is -1.43. The molecule has 0 unspecified atom stereocenters. The summed E-state index contributed by atoms with van der Waals surface area (Å²) in [5.41, 5.74) is 5.18. The highest BCUT2D eigenvalue weighted by molar-refractivity contribution is 5.53. The van der Waals surface area contributed by atoms with Crippen LogP contribution in [0.3, 0.4) is 0 Å². The molecule has 94 valence electrons. The maximum absolute atomic E-state index is 12.8. The smallest absolute Gasteiger partial charge is 0.420 e. The lowest BCUT2D eigenvalue weighted by molar-refractivity contribution is -0.139. The summed E-state index contributed by atoms with van der Waals surface area (Å²) in [6.45, 7) is 0.662. The van der Waals surface area contributed by atoms with Crippen molar-refractivity contribution in [2.45, 2.75) is 19.1 Å². The molecule has 1 aliphatic rings. The fraction of sp³-hybridized carbons (Fsp3) is 0.455. The van der Waals surface area contributed by atoms with E-state index >= 15 is 0 Å². The van der Waals surface area contributed by atoms with Gasteiger partial charge in [-0.3, -0.25) is 0 Å². The van der Waals surface area contributed by atoms with Crippen LogP contribution in [0.1, 0.15) is 17.5 Å². The van der Waals surface area contributed by atoms with Gasteiger partial charge in [-0.1, -0.05) is 6.07 Å². The largest absolute Gasteiger partial charge is 0.489 e. The van der Waals surface area contributed by atoms with E-state index < -0.39 is 11.7 Å². The standard InChI is InChI=1S/C11H12F3NO2/c12-11(13,14)8-3-2-7(6-15)9-10(8)17-5-1-4-16-9/h2-3H,1,4-6,15H2. The minimum atomic E-state index is -4.45. The van der Waals surface area contributed by atoms with E-state index in [9.17, 15) is 13.2 Å². The van der Waals surface area contributed by atoms with Gasteiger partial charge in [-0.05, 0) is 6.07 Å². The number of nitrogens with two attached hydrogens (primary N) is 1. The molecule has 0 aliphatic carbocycles. The molecule has 1 heterocycles. The molecule has 1 aromatic carbocycles. The Labute approximate surface area is 96.3 Å². The molecule has 1 aliphatic heterocycles. The minimum absolute atomic E-state index is 0.115. The van der Waals surface area contributed by atoms with Crippen LogP contribution in [-0.4, -0.2) is 13.2 Å². The van der Waals surface area contributed by atoms with Gasteiger partial charge in [-0.15, -0.1) is 0 Å². The summed E-state index contributed by atoms with van der Waals surface area (Å²) in [4.78, 5) is 0. The first-order valence-corrected chi connectivity index (χ1v) is 5.23. The number of hydrogen-bond donors (Lipinski definition) is 1.